The van der Waals surface area contributed by atoms with Crippen molar-refractivity contribution in [3.8, 4) is 0 Å². The number of β-amino-alcohol motifs (C(OH)–C–C–N with tert-alkyl or cyclic N) is 1. The summed E-state index contributed by atoms with van der Waals surface area (Å²) < 4.78 is 7.18. The van der Waals surface area contributed by atoms with E-state index in [4.69, 9.17) is 9.84 Å². The minimum atomic E-state index is -1.31. The molecule has 4 heterocycles. The van der Waals surface area contributed by atoms with Crippen LogP contribution in [0.3, 0.4) is 0 Å². The number of nitrogens with one attached hydrogen (secondary N) is 1. The molecule has 0 radical (unpaired) electrons. The number of fused-ring (bicyclic) bond motifs is 1. The average Bonchev–Trinajstić information content (AvgIpc) is 3.22. The molecule has 154 valence electrons. The van der Waals surface area contributed by atoms with Crippen molar-refractivity contribution in [3.05, 3.63) is 16.7 Å². The summed E-state index contributed by atoms with van der Waals surface area (Å²) in [6.45, 7) is 2.80. The van der Waals surface area contributed by atoms with Crippen molar-refractivity contribution in [2.24, 2.45) is 0 Å². The SMILES string of the molecule is O=c1[nH]cnc2c1nc(N1CCN(CCO)CC1)n2[C@@H]1O[C@H](CO)[C@H](O)[C@@H]1O. The first-order valence-corrected chi connectivity index (χ1v) is 9.21. The Hall–Kier alpha value is -2.09. The summed E-state index contributed by atoms with van der Waals surface area (Å²) >= 11 is 0. The van der Waals surface area contributed by atoms with Crippen LogP contribution in [0.1, 0.15) is 6.23 Å². The minimum absolute atomic E-state index is 0.0837. The van der Waals surface area contributed by atoms with Crippen LogP contribution in [-0.4, -0.2) is 109 Å². The lowest BCUT2D eigenvalue weighted by Gasteiger charge is -2.35. The molecule has 5 N–H and O–H groups in total. The second-order valence-electron chi connectivity index (χ2n) is 6.97. The Bertz CT molecular complexity index is 878. The van der Waals surface area contributed by atoms with Crippen LogP contribution in [0.15, 0.2) is 11.1 Å². The number of nitrogens with zero attached hydrogens (tertiary/aromatic N) is 5. The molecule has 4 rings (SSSR count). The molecule has 2 aliphatic rings. The third-order valence-corrected chi connectivity index (χ3v) is 5.31. The standard InChI is InChI=1S/C16H24N6O6/c23-6-5-20-1-3-21(4-2-20)16-19-10-13(17-8-18-14(10)27)22(16)15-12(26)11(25)9(7-24)28-15/h8-9,11-12,15,23-26H,1-7H2,(H,17,18,27)/t9-,11+,12+,15-/m1/s1. The van der Waals surface area contributed by atoms with E-state index in [1.165, 1.54) is 10.9 Å². The maximum Gasteiger partial charge on any atom is 0.278 e. The molecule has 0 bridgehead atoms. The van der Waals surface area contributed by atoms with Gasteiger partial charge in [0.2, 0.25) is 5.95 Å². The number of anilines is 1. The van der Waals surface area contributed by atoms with Crippen molar-refractivity contribution in [1.29, 1.82) is 0 Å². The van der Waals surface area contributed by atoms with Gasteiger partial charge in [0.05, 0.1) is 19.5 Å². The minimum Gasteiger partial charge on any atom is -0.395 e. The number of aromatic amines is 1. The van der Waals surface area contributed by atoms with E-state index in [9.17, 15) is 20.1 Å². The second-order valence-corrected chi connectivity index (χ2v) is 6.97. The number of aromatic nitrogens is 4. The molecule has 0 aliphatic carbocycles. The topological polar surface area (TPSA) is 160 Å². The van der Waals surface area contributed by atoms with Gasteiger partial charge in [-0.2, -0.15) is 0 Å². The Kier molecular flexibility index (Phi) is 5.31. The fourth-order valence-corrected chi connectivity index (χ4v) is 3.77. The molecule has 12 nitrogen and oxygen atoms in total. The highest BCUT2D eigenvalue weighted by atomic mass is 16.6. The molecule has 12 heteroatoms. The highest BCUT2D eigenvalue weighted by Gasteiger charge is 2.45. The number of imidazole rings is 1. The van der Waals surface area contributed by atoms with Gasteiger partial charge in [0.15, 0.2) is 17.4 Å². The summed E-state index contributed by atoms with van der Waals surface area (Å²) in [7, 11) is 0. The molecular formula is C16H24N6O6. The number of aliphatic hydroxyl groups is 4. The van der Waals surface area contributed by atoms with E-state index in [1.807, 2.05) is 4.90 Å². The van der Waals surface area contributed by atoms with Crippen molar-refractivity contribution in [1.82, 2.24) is 24.4 Å². The van der Waals surface area contributed by atoms with Crippen molar-refractivity contribution in [2.45, 2.75) is 24.5 Å². The Balaban J connectivity index is 1.74. The van der Waals surface area contributed by atoms with Gasteiger partial charge in [0.25, 0.3) is 5.56 Å². The number of hydrogen-bond acceptors (Lipinski definition) is 10. The number of ether oxygens (including phenoxy) is 1. The molecule has 0 spiro atoms. The van der Waals surface area contributed by atoms with Gasteiger partial charge in [0.1, 0.15) is 18.3 Å². The third kappa shape index (κ3) is 3.17. The van der Waals surface area contributed by atoms with Gasteiger partial charge >= 0.3 is 0 Å². The van der Waals surface area contributed by atoms with Gasteiger partial charge in [-0.05, 0) is 0 Å². The van der Waals surface area contributed by atoms with Crippen LogP contribution >= 0.6 is 0 Å². The van der Waals surface area contributed by atoms with Gasteiger partial charge < -0.3 is 35.0 Å². The fraction of sp³-hybridized carbons (Fsp3) is 0.688. The molecule has 0 amide bonds. The van der Waals surface area contributed by atoms with Crippen LogP contribution in [0.4, 0.5) is 5.95 Å². The highest BCUT2D eigenvalue weighted by molar-refractivity contribution is 5.74. The maximum atomic E-state index is 12.2. The summed E-state index contributed by atoms with van der Waals surface area (Å²) in [5.74, 6) is 0.401. The van der Waals surface area contributed by atoms with Gasteiger partial charge in [-0.1, -0.05) is 0 Å². The lowest BCUT2D eigenvalue weighted by atomic mass is 10.1. The largest absolute Gasteiger partial charge is 0.395 e. The first-order valence-electron chi connectivity index (χ1n) is 9.21. The van der Waals surface area contributed by atoms with Crippen molar-refractivity contribution in [3.63, 3.8) is 0 Å². The predicted octanol–water partition coefficient (Wildman–Crippen LogP) is -3.15. The molecule has 2 fully saturated rings. The first kappa shape index (κ1) is 19.2. The Labute approximate surface area is 159 Å². The van der Waals surface area contributed by atoms with Crippen LogP contribution in [-0.2, 0) is 4.74 Å². The number of aliphatic hydroxyl groups excluding tert-OH is 4. The van der Waals surface area contributed by atoms with Gasteiger partial charge in [-0.15, -0.1) is 0 Å². The molecule has 0 aromatic carbocycles. The lowest BCUT2D eigenvalue weighted by molar-refractivity contribution is -0.0505. The Morgan fingerprint density at radius 3 is 2.57 bits per heavy atom. The zero-order valence-corrected chi connectivity index (χ0v) is 15.2. The zero-order chi connectivity index (χ0) is 19.8. The van der Waals surface area contributed by atoms with Crippen LogP contribution in [0.2, 0.25) is 0 Å². The third-order valence-electron chi connectivity index (χ3n) is 5.31. The summed E-state index contributed by atoms with van der Waals surface area (Å²) in [6.07, 6.45) is -3.34. The fourth-order valence-electron chi connectivity index (χ4n) is 3.77. The lowest BCUT2D eigenvalue weighted by Crippen LogP contribution is -2.48. The van der Waals surface area contributed by atoms with Crippen LogP contribution in [0, 0.1) is 0 Å². The Morgan fingerprint density at radius 1 is 1.18 bits per heavy atom. The van der Waals surface area contributed by atoms with E-state index in [1.54, 1.807) is 0 Å². The zero-order valence-electron chi connectivity index (χ0n) is 15.2. The number of H-pyrrole nitrogens is 1. The van der Waals surface area contributed by atoms with E-state index < -0.39 is 36.7 Å². The van der Waals surface area contributed by atoms with Crippen molar-refractivity contribution < 1.29 is 25.2 Å². The van der Waals surface area contributed by atoms with E-state index in [0.717, 1.165) is 0 Å². The number of rotatable bonds is 5. The molecule has 2 aliphatic heterocycles. The molecule has 28 heavy (non-hydrogen) atoms. The first-order chi connectivity index (χ1) is 13.5. The summed E-state index contributed by atoms with van der Waals surface area (Å²) in [6, 6.07) is 0. The molecule has 2 saturated heterocycles. The maximum absolute atomic E-state index is 12.2. The molecule has 0 saturated carbocycles. The molecular weight excluding hydrogens is 372 g/mol. The number of hydrogen-bond donors (Lipinski definition) is 5. The normalized spacial score (nSPS) is 29.1. The number of piperazine rings is 1. The van der Waals surface area contributed by atoms with Crippen LogP contribution in [0.25, 0.3) is 11.2 Å². The molecule has 2 aromatic heterocycles. The average molecular weight is 396 g/mol. The molecule has 2 aromatic rings. The van der Waals surface area contributed by atoms with Gasteiger partial charge in [-0.3, -0.25) is 14.3 Å². The second kappa shape index (κ2) is 7.73. The Morgan fingerprint density at radius 2 is 1.93 bits per heavy atom. The van der Waals surface area contributed by atoms with Gasteiger partial charge in [0, 0.05) is 32.7 Å². The smallest absolute Gasteiger partial charge is 0.278 e. The van der Waals surface area contributed by atoms with E-state index in [0.29, 0.717) is 38.7 Å². The summed E-state index contributed by atoms with van der Waals surface area (Å²) in [5, 5.41) is 39.1. The molecule has 0 unspecified atom stereocenters. The summed E-state index contributed by atoms with van der Waals surface area (Å²) in [4.78, 5) is 27.4. The predicted molar refractivity (Wildman–Crippen MR) is 96.9 cm³/mol. The van der Waals surface area contributed by atoms with Crippen LogP contribution < -0.4 is 10.5 Å². The van der Waals surface area contributed by atoms with E-state index >= 15 is 0 Å². The van der Waals surface area contributed by atoms with Gasteiger partial charge in [-0.25, -0.2) is 9.97 Å². The van der Waals surface area contributed by atoms with E-state index in [2.05, 4.69) is 19.9 Å². The van der Waals surface area contributed by atoms with Crippen molar-refractivity contribution in [2.75, 3.05) is 50.8 Å². The monoisotopic (exact) mass is 396 g/mol. The summed E-state index contributed by atoms with van der Waals surface area (Å²) in [5.41, 5.74) is -0.0879. The van der Waals surface area contributed by atoms with Crippen LogP contribution in [0.5, 0.6) is 0 Å². The van der Waals surface area contributed by atoms with E-state index in [-0.39, 0.29) is 17.8 Å². The quantitative estimate of drug-likeness (QED) is 0.349. The molecule has 4 atom stereocenters. The highest BCUT2D eigenvalue weighted by Crippen LogP contribution is 2.35. The van der Waals surface area contributed by atoms with Crippen molar-refractivity contribution >= 4 is 17.1 Å².